The maximum atomic E-state index is 12.6. The molecular formula is C15H21N3O2. The molecule has 1 aromatic heterocycles. The number of aliphatic hydroxyl groups excluding tert-OH is 1. The smallest absolute Gasteiger partial charge is 0.257 e. The molecule has 1 aromatic rings. The molecule has 0 unspecified atom stereocenters. The monoisotopic (exact) mass is 275 g/mol. The van der Waals surface area contributed by atoms with Gasteiger partial charge < -0.3 is 10.0 Å². The minimum atomic E-state index is -0.255. The molecule has 3 atom stereocenters. The maximum Gasteiger partial charge on any atom is 0.257 e. The molecular weight excluding hydrogens is 254 g/mol. The van der Waals surface area contributed by atoms with E-state index < -0.39 is 0 Å². The van der Waals surface area contributed by atoms with Crippen molar-refractivity contribution in [2.45, 2.75) is 50.7 Å². The first-order chi connectivity index (χ1) is 9.77. The van der Waals surface area contributed by atoms with Gasteiger partial charge in [0.15, 0.2) is 0 Å². The third kappa shape index (κ3) is 2.54. The highest BCUT2D eigenvalue weighted by molar-refractivity contribution is 5.94. The molecule has 108 valence electrons. The van der Waals surface area contributed by atoms with Crippen molar-refractivity contribution in [3.63, 3.8) is 0 Å². The van der Waals surface area contributed by atoms with Crippen LogP contribution in [0.25, 0.3) is 0 Å². The van der Waals surface area contributed by atoms with Crippen molar-refractivity contribution < 1.29 is 9.90 Å². The maximum absolute atomic E-state index is 12.6. The third-order valence-electron chi connectivity index (χ3n) is 4.64. The van der Waals surface area contributed by atoms with Crippen LogP contribution in [0.5, 0.6) is 0 Å². The van der Waals surface area contributed by atoms with Crippen molar-refractivity contribution in [2.75, 3.05) is 6.54 Å². The summed E-state index contributed by atoms with van der Waals surface area (Å²) in [6, 6.07) is 0.179. The molecule has 1 saturated carbocycles. The summed E-state index contributed by atoms with van der Waals surface area (Å²) in [4.78, 5) is 22.3. The number of hydrogen-bond donors (Lipinski definition) is 1. The molecule has 3 rings (SSSR count). The SMILES string of the molecule is O=C(c1cncnc1)N1CCC[C@@H]1[C@@H]1CCCC[C@H]1O. The van der Waals surface area contributed by atoms with E-state index in [2.05, 4.69) is 9.97 Å². The van der Waals surface area contributed by atoms with Gasteiger partial charge in [0, 0.05) is 30.9 Å². The summed E-state index contributed by atoms with van der Waals surface area (Å²) >= 11 is 0. The van der Waals surface area contributed by atoms with Crippen LogP contribution in [0.3, 0.4) is 0 Å². The molecule has 1 N–H and O–H groups in total. The Morgan fingerprint density at radius 3 is 2.65 bits per heavy atom. The van der Waals surface area contributed by atoms with Crippen LogP contribution in [0.4, 0.5) is 0 Å². The topological polar surface area (TPSA) is 66.3 Å². The molecule has 5 heteroatoms. The number of aromatic nitrogens is 2. The molecule has 2 heterocycles. The van der Waals surface area contributed by atoms with Gasteiger partial charge in [-0.05, 0) is 25.7 Å². The molecule has 2 fully saturated rings. The first kappa shape index (κ1) is 13.5. The van der Waals surface area contributed by atoms with Crippen molar-refractivity contribution in [2.24, 2.45) is 5.92 Å². The Bertz CT molecular complexity index is 465. The van der Waals surface area contributed by atoms with Crippen LogP contribution >= 0.6 is 0 Å². The van der Waals surface area contributed by atoms with E-state index in [0.29, 0.717) is 5.56 Å². The molecule has 1 aliphatic carbocycles. The first-order valence-electron chi connectivity index (χ1n) is 7.51. The fourth-order valence-corrected chi connectivity index (χ4v) is 3.65. The molecule has 1 saturated heterocycles. The highest BCUT2D eigenvalue weighted by atomic mass is 16.3. The summed E-state index contributed by atoms with van der Waals surface area (Å²) in [5, 5.41) is 10.2. The third-order valence-corrected chi connectivity index (χ3v) is 4.64. The average Bonchev–Trinajstić information content (AvgIpc) is 2.97. The number of carbonyl (C=O) groups excluding carboxylic acids is 1. The number of amides is 1. The normalized spacial score (nSPS) is 30.4. The molecule has 0 radical (unpaired) electrons. The number of rotatable bonds is 2. The lowest BCUT2D eigenvalue weighted by atomic mass is 9.80. The summed E-state index contributed by atoms with van der Waals surface area (Å²) in [5.41, 5.74) is 0.546. The number of carbonyl (C=O) groups is 1. The molecule has 1 amide bonds. The van der Waals surface area contributed by atoms with Crippen molar-refractivity contribution in [1.82, 2.24) is 14.9 Å². The summed E-state index contributed by atoms with van der Waals surface area (Å²) in [7, 11) is 0. The number of hydrogen-bond acceptors (Lipinski definition) is 4. The zero-order chi connectivity index (χ0) is 13.9. The summed E-state index contributed by atoms with van der Waals surface area (Å²) in [5.74, 6) is 0.241. The predicted molar refractivity (Wildman–Crippen MR) is 74.1 cm³/mol. The summed E-state index contributed by atoms with van der Waals surface area (Å²) in [6.45, 7) is 0.779. The van der Waals surface area contributed by atoms with Crippen LogP contribution in [0.1, 0.15) is 48.9 Å². The molecule has 20 heavy (non-hydrogen) atoms. The van der Waals surface area contributed by atoms with E-state index in [1.165, 1.54) is 6.33 Å². The Morgan fingerprint density at radius 2 is 1.90 bits per heavy atom. The van der Waals surface area contributed by atoms with Gasteiger partial charge in [-0.1, -0.05) is 12.8 Å². The van der Waals surface area contributed by atoms with E-state index in [9.17, 15) is 9.90 Å². The minimum Gasteiger partial charge on any atom is -0.393 e. The predicted octanol–water partition coefficient (Wildman–Crippen LogP) is 1.63. The van der Waals surface area contributed by atoms with Gasteiger partial charge in [0.25, 0.3) is 5.91 Å². The van der Waals surface area contributed by atoms with Crippen LogP contribution in [-0.4, -0.2) is 44.6 Å². The van der Waals surface area contributed by atoms with E-state index in [1.807, 2.05) is 4.90 Å². The van der Waals surface area contributed by atoms with Gasteiger partial charge in [0.1, 0.15) is 6.33 Å². The van der Waals surface area contributed by atoms with E-state index >= 15 is 0 Å². The second-order valence-corrected chi connectivity index (χ2v) is 5.85. The fraction of sp³-hybridized carbons (Fsp3) is 0.667. The van der Waals surface area contributed by atoms with Crippen LogP contribution in [0.2, 0.25) is 0 Å². The molecule has 0 aromatic carbocycles. The molecule has 0 bridgehead atoms. The van der Waals surface area contributed by atoms with Crippen molar-refractivity contribution in [1.29, 1.82) is 0 Å². The van der Waals surface area contributed by atoms with Crippen molar-refractivity contribution in [3.05, 3.63) is 24.3 Å². The quantitative estimate of drug-likeness (QED) is 0.891. The van der Waals surface area contributed by atoms with Gasteiger partial charge in [-0.2, -0.15) is 0 Å². The van der Waals surface area contributed by atoms with Gasteiger partial charge in [-0.25, -0.2) is 9.97 Å². The lowest BCUT2D eigenvalue weighted by Gasteiger charge is -2.37. The second kappa shape index (κ2) is 5.87. The zero-order valence-electron chi connectivity index (χ0n) is 11.6. The van der Waals surface area contributed by atoms with Crippen LogP contribution in [-0.2, 0) is 0 Å². The highest BCUT2D eigenvalue weighted by Crippen LogP contribution is 2.35. The highest BCUT2D eigenvalue weighted by Gasteiger charge is 2.39. The standard InChI is InChI=1S/C15H21N3O2/c19-14-6-2-1-4-12(14)13-5-3-7-18(13)15(20)11-8-16-10-17-9-11/h8-10,12-14,19H,1-7H2/t12-,13+,14+/m0/s1. The summed E-state index contributed by atoms with van der Waals surface area (Å²) < 4.78 is 0. The number of likely N-dealkylation sites (tertiary alicyclic amines) is 1. The van der Waals surface area contributed by atoms with Gasteiger partial charge in [-0.3, -0.25) is 4.79 Å². The average molecular weight is 275 g/mol. The summed E-state index contributed by atoms with van der Waals surface area (Å²) in [6.07, 6.45) is 10.5. The van der Waals surface area contributed by atoms with Crippen LogP contribution < -0.4 is 0 Å². The Kier molecular flexibility index (Phi) is 3.96. The fourth-order valence-electron chi connectivity index (χ4n) is 3.65. The number of nitrogens with zero attached hydrogens (tertiary/aromatic N) is 3. The van der Waals surface area contributed by atoms with E-state index in [0.717, 1.165) is 45.1 Å². The minimum absolute atomic E-state index is 0.00544. The number of aliphatic hydroxyl groups is 1. The Hall–Kier alpha value is -1.49. The zero-order valence-corrected chi connectivity index (χ0v) is 11.6. The van der Waals surface area contributed by atoms with Crippen LogP contribution in [0.15, 0.2) is 18.7 Å². The van der Waals surface area contributed by atoms with Gasteiger partial charge in [0.05, 0.1) is 11.7 Å². The lowest BCUT2D eigenvalue weighted by molar-refractivity contribution is 0.0211. The van der Waals surface area contributed by atoms with Crippen molar-refractivity contribution in [3.8, 4) is 0 Å². The van der Waals surface area contributed by atoms with Gasteiger partial charge >= 0.3 is 0 Å². The van der Waals surface area contributed by atoms with Crippen LogP contribution in [0, 0.1) is 5.92 Å². The van der Waals surface area contributed by atoms with Crippen molar-refractivity contribution >= 4 is 5.91 Å². The lowest BCUT2D eigenvalue weighted by Crippen LogP contribution is -2.45. The van der Waals surface area contributed by atoms with Gasteiger partial charge in [-0.15, -0.1) is 0 Å². The Balaban J connectivity index is 1.77. The van der Waals surface area contributed by atoms with Gasteiger partial charge in [0.2, 0.25) is 0 Å². The molecule has 2 aliphatic rings. The van der Waals surface area contributed by atoms with E-state index in [4.69, 9.17) is 0 Å². The van der Waals surface area contributed by atoms with E-state index in [1.54, 1.807) is 12.4 Å². The Morgan fingerprint density at radius 1 is 1.15 bits per heavy atom. The largest absolute Gasteiger partial charge is 0.393 e. The second-order valence-electron chi connectivity index (χ2n) is 5.85. The molecule has 0 spiro atoms. The first-order valence-corrected chi connectivity index (χ1v) is 7.51. The Labute approximate surface area is 119 Å². The molecule has 1 aliphatic heterocycles. The van der Waals surface area contributed by atoms with E-state index in [-0.39, 0.29) is 24.0 Å². The molecule has 5 nitrogen and oxygen atoms in total.